The number of halogens is 3. The van der Waals surface area contributed by atoms with E-state index in [0.29, 0.717) is 0 Å². The van der Waals surface area contributed by atoms with Crippen LogP contribution in [0, 0.1) is 24.5 Å². The Morgan fingerprint density at radius 3 is 2.47 bits per heavy atom. The van der Waals surface area contributed by atoms with Crippen LogP contribution in [0.4, 0.5) is 13.2 Å². The van der Waals surface area contributed by atoms with E-state index in [1.54, 1.807) is 19.1 Å². The average molecular weight is 521 g/mol. The molecule has 5 rings (SSSR count). The van der Waals surface area contributed by atoms with E-state index in [1.807, 2.05) is 0 Å². The number of carbonyl (C=O) groups excluding carboxylic acids is 1. The van der Waals surface area contributed by atoms with Gasteiger partial charge in [-0.25, -0.2) is 21.6 Å². The number of amides is 1. The fourth-order valence-corrected chi connectivity index (χ4v) is 5.97. The van der Waals surface area contributed by atoms with Crippen molar-refractivity contribution in [3.63, 3.8) is 0 Å². The molecule has 1 saturated carbocycles. The molecule has 2 fully saturated rings. The first-order chi connectivity index (χ1) is 16.9. The van der Waals surface area contributed by atoms with Gasteiger partial charge in [0.1, 0.15) is 22.8 Å². The van der Waals surface area contributed by atoms with Gasteiger partial charge in [-0.3, -0.25) is 4.79 Å². The van der Waals surface area contributed by atoms with Gasteiger partial charge in [0.15, 0.2) is 0 Å². The van der Waals surface area contributed by atoms with Crippen molar-refractivity contribution in [1.82, 2.24) is 19.8 Å². The van der Waals surface area contributed by atoms with Crippen molar-refractivity contribution < 1.29 is 30.8 Å². The molecule has 8 nitrogen and oxygen atoms in total. The molecule has 3 aromatic rings. The third-order valence-corrected chi connectivity index (χ3v) is 7.46. The Bertz CT molecular complexity index is 1440. The SMILES string of the molecule is Cc1nnc([C@]2(NS(C)(=O)=O)CCN(C(=O)[C@@H]3C[C@@]3(F)c3ccccc3-c3c(F)cccc3F)C2)o1. The van der Waals surface area contributed by atoms with E-state index < -0.39 is 44.7 Å². The zero-order valence-electron chi connectivity index (χ0n) is 19.5. The molecule has 0 unspecified atom stereocenters. The highest BCUT2D eigenvalue weighted by molar-refractivity contribution is 7.88. The Morgan fingerprint density at radius 1 is 1.14 bits per heavy atom. The summed E-state index contributed by atoms with van der Waals surface area (Å²) in [5, 5.41) is 7.71. The Labute approximate surface area is 205 Å². The molecule has 190 valence electrons. The first-order valence-electron chi connectivity index (χ1n) is 11.2. The van der Waals surface area contributed by atoms with Crippen LogP contribution in [0.3, 0.4) is 0 Å². The minimum atomic E-state index is -3.73. The van der Waals surface area contributed by atoms with E-state index in [-0.39, 0.29) is 54.4 Å². The molecular formula is C24H23F3N4O4S. The third-order valence-electron chi connectivity index (χ3n) is 6.70. The van der Waals surface area contributed by atoms with E-state index in [9.17, 15) is 22.0 Å². The number of hydrogen-bond acceptors (Lipinski definition) is 6. The number of nitrogens with zero attached hydrogens (tertiary/aromatic N) is 3. The van der Waals surface area contributed by atoms with Crippen molar-refractivity contribution >= 4 is 15.9 Å². The summed E-state index contributed by atoms with van der Waals surface area (Å²) in [5.74, 6) is -3.04. The number of alkyl halides is 1. The van der Waals surface area contributed by atoms with E-state index in [0.717, 1.165) is 18.4 Å². The second-order valence-corrected chi connectivity index (χ2v) is 11.1. The van der Waals surface area contributed by atoms with Gasteiger partial charge in [0.2, 0.25) is 27.7 Å². The minimum absolute atomic E-state index is 0.0170. The molecule has 3 atom stereocenters. The fourth-order valence-electron chi connectivity index (χ4n) is 5.00. The van der Waals surface area contributed by atoms with Crippen LogP contribution in [0.25, 0.3) is 11.1 Å². The molecule has 0 bridgehead atoms. The third kappa shape index (κ3) is 4.17. The monoisotopic (exact) mass is 520 g/mol. The Kier molecular flexibility index (Phi) is 5.71. The normalized spacial score (nSPS) is 25.8. The van der Waals surface area contributed by atoms with Crippen LogP contribution >= 0.6 is 0 Å². The van der Waals surface area contributed by atoms with Gasteiger partial charge in [0, 0.05) is 26.4 Å². The van der Waals surface area contributed by atoms with Crippen LogP contribution in [0.5, 0.6) is 0 Å². The molecule has 1 aliphatic carbocycles. The van der Waals surface area contributed by atoms with Gasteiger partial charge in [-0.1, -0.05) is 30.3 Å². The molecule has 1 amide bonds. The van der Waals surface area contributed by atoms with Crippen LogP contribution in [0.15, 0.2) is 46.9 Å². The summed E-state index contributed by atoms with van der Waals surface area (Å²) < 4.78 is 77.3. The summed E-state index contributed by atoms with van der Waals surface area (Å²) in [5.41, 5.74) is -3.75. The molecule has 0 spiro atoms. The maximum absolute atomic E-state index is 16.2. The summed E-state index contributed by atoms with van der Waals surface area (Å²) in [6.45, 7) is 1.55. The van der Waals surface area contributed by atoms with Crippen molar-refractivity contribution in [2.45, 2.75) is 31.0 Å². The summed E-state index contributed by atoms with van der Waals surface area (Å²) >= 11 is 0. The van der Waals surface area contributed by atoms with Gasteiger partial charge >= 0.3 is 0 Å². The number of aryl methyl sites for hydroxylation is 1. The molecular weight excluding hydrogens is 497 g/mol. The van der Waals surface area contributed by atoms with Gasteiger partial charge in [0.05, 0.1) is 17.7 Å². The van der Waals surface area contributed by atoms with E-state index in [1.165, 1.54) is 23.1 Å². The first kappa shape index (κ1) is 24.4. The average Bonchev–Trinajstić information content (AvgIpc) is 3.10. The predicted molar refractivity (Wildman–Crippen MR) is 123 cm³/mol. The van der Waals surface area contributed by atoms with E-state index in [4.69, 9.17) is 4.42 Å². The summed E-state index contributed by atoms with van der Waals surface area (Å²) in [4.78, 5) is 14.7. The lowest BCUT2D eigenvalue weighted by Gasteiger charge is -2.26. The van der Waals surface area contributed by atoms with Gasteiger partial charge in [-0.15, -0.1) is 10.2 Å². The Balaban J connectivity index is 1.43. The van der Waals surface area contributed by atoms with Crippen LogP contribution in [-0.2, 0) is 26.0 Å². The van der Waals surface area contributed by atoms with Crippen LogP contribution in [0.2, 0.25) is 0 Å². The zero-order chi connectivity index (χ0) is 25.9. The van der Waals surface area contributed by atoms with Crippen LogP contribution in [0.1, 0.15) is 30.2 Å². The van der Waals surface area contributed by atoms with Crippen molar-refractivity contribution in [3.8, 4) is 11.1 Å². The number of benzene rings is 2. The minimum Gasteiger partial charge on any atom is -0.423 e. The quantitative estimate of drug-likeness (QED) is 0.535. The molecule has 1 saturated heterocycles. The molecule has 2 aliphatic rings. The number of rotatable bonds is 6. The fraction of sp³-hybridized carbons (Fsp3) is 0.375. The van der Waals surface area contributed by atoms with E-state index >= 15 is 4.39 Å². The van der Waals surface area contributed by atoms with Gasteiger partial charge in [0.25, 0.3) is 0 Å². The number of likely N-dealkylation sites (tertiary alicyclic amines) is 1. The smallest absolute Gasteiger partial charge is 0.239 e. The molecule has 12 heteroatoms. The zero-order valence-corrected chi connectivity index (χ0v) is 20.3. The topological polar surface area (TPSA) is 105 Å². The number of aromatic nitrogens is 2. The summed E-state index contributed by atoms with van der Waals surface area (Å²) in [6.07, 6.45) is 0.965. The van der Waals surface area contributed by atoms with Crippen molar-refractivity contribution in [1.29, 1.82) is 0 Å². The lowest BCUT2D eigenvalue weighted by Crippen LogP contribution is -2.48. The van der Waals surface area contributed by atoms with Crippen molar-refractivity contribution in [3.05, 3.63) is 71.4 Å². The highest BCUT2D eigenvalue weighted by Crippen LogP contribution is 2.59. The van der Waals surface area contributed by atoms with Gasteiger partial charge in [-0.05, 0) is 29.7 Å². The maximum atomic E-state index is 16.2. The van der Waals surface area contributed by atoms with Gasteiger partial charge < -0.3 is 9.32 Å². The lowest BCUT2D eigenvalue weighted by atomic mass is 9.93. The highest BCUT2D eigenvalue weighted by Gasteiger charge is 2.63. The molecule has 0 radical (unpaired) electrons. The molecule has 1 aliphatic heterocycles. The highest BCUT2D eigenvalue weighted by atomic mass is 32.2. The molecule has 1 aromatic heterocycles. The lowest BCUT2D eigenvalue weighted by molar-refractivity contribution is -0.132. The molecule has 2 aromatic carbocycles. The van der Waals surface area contributed by atoms with Gasteiger partial charge in [-0.2, -0.15) is 4.72 Å². The Morgan fingerprint density at radius 2 is 1.83 bits per heavy atom. The number of nitrogens with one attached hydrogen (secondary N) is 1. The van der Waals surface area contributed by atoms with Crippen molar-refractivity contribution in [2.24, 2.45) is 5.92 Å². The first-order valence-corrected chi connectivity index (χ1v) is 13.1. The Hall–Kier alpha value is -3.25. The standard InChI is InChI=1S/C24H23F3N4O4S/c1-14-28-29-22(35-14)23(30-36(2,33)34)10-11-31(13-23)21(32)17-12-24(17,27)16-7-4-3-6-15(16)20-18(25)8-5-9-19(20)26/h3-9,17,30H,10-13H2,1-2H3/t17-,23-,24+/m0/s1. The second-order valence-electron chi connectivity index (χ2n) is 9.35. The second kappa shape index (κ2) is 8.41. The summed E-state index contributed by atoms with van der Waals surface area (Å²) in [7, 11) is -3.73. The maximum Gasteiger partial charge on any atom is 0.239 e. The molecule has 36 heavy (non-hydrogen) atoms. The predicted octanol–water partition coefficient (Wildman–Crippen LogP) is 3.18. The number of sulfonamides is 1. The van der Waals surface area contributed by atoms with E-state index in [2.05, 4.69) is 14.9 Å². The number of hydrogen-bond donors (Lipinski definition) is 1. The van der Waals surface area contributed by atoms with Crippen molar-refractivity contribution in [2.75, 3.05) is 19.3 Å². The molecule has 1 N–H and O–H groups in total. The van der Waals surface area contributed by atoms with Crippen LogP contribution in [-0.4, -0.2) is 48.8 Å². The largest absolute Gasteiger partial charge is 0.423 e. The summed E-state index contributed by atoms with van der Waals surface area (Å²) in [6, 6.07) is 9.35. The van der Waals surface area contributed by atoms with Crippen LogP contribution < -0.4 is 4.72 Å². The molecule has 2 heterocycles. The number of carbonyl (C=O) groups is 1.